The number of ether oxygens (including phenoxy) is 2. The highest BCUT2D eigenvalue weighted by atomic mass is 32.1. The van der Waals surface area contributed by atoms with Crippen LogP contribution in [0.1, 0.15) is 23.5 Å². The molecule has 2 aromatic carbocycles. The van der Waals surface area contributed by atoms with E-state index in [9.17, 15) is 9.59 Å². The molecule has 5 rings (SSSR count). The number of hydrogen-bond donors (Lipinski definition) is 0. The minimum atomic E-state index is -0.0611. The van der Waals surface area contributed by atoms with Gasteiger partial charge in [-0.3, -0.25) is 9.59 Å². The van der Waals surface area contributed by atoms with E-state index in [0.717, 1.165) is 21.6 Å². The lowest BCUT2D eigenvalue weighted by molar-refractivity contribution is -0.138. The average Bonchev–Trinajstić information content (AvgIpc) is 3.44. The van der Waals surface area contributed by atoms with Gasteiger partial charge in [-0.1, -0.05) is 36.4 Å². The average molecular weight is 463 g/mol. The van der Waals surface area contributed by atoms with Gasteiger partial charge in [-0.25, -0.2) is 0 Å². The van der Waals surface area contributed by atoms with Gasteiger partial charge in [0.15, 0.2) is 11.5 Å². The smallest absolute Gasteiger partial charge is 0.242 e. The zero-order valence-corrected chi connectivity index (χ0v) is 19.3. The van der Waals surface area contributed by atoms with Crippen molar-refractivity contribution in [3.8, 4) is 21.9 Å². The Hall–Kier alpha value is -3.32. The lowest BCUT2D eigenvalue weighted by atomic mass is 9.99. The van der Waals surface area contributed by atoms with Crippen molar-refractivity contribution in [2.45, 2.75) is 18.9 Å². The Morgan fingerprint density at radius 3 is 2.79 bits per heavy atom. The molecule has 2 aliphatic heterocycles. The summed E-state index contributed by atoms with van der Waals surface area (Å²) < 4.78 is 11.6. The van der Waals surface area contributed by atoms with Gasteiger partial charge in [0.25, 0.3) is 0 Å². The molecule has 0 saturated carbocycles. The lowest BCUT2D eigenvalue weighted by Crippen LogP contribution is -2.41. The Morgan fingerprint density at radius 1 is 1.18 bits per heavy atom. The first-order valence-electron chi connectivity index (χ1n) is 11.1. The number of nitrogens with zero attached hydrogens (tertiary/aromatic N) is 2. The molecule has 3 heterocycles. The topological polar surface area (TPSA) is 59.1 Å². The van der Waals surface area contributed by atoms with Crippen LogP contribution in [0.2, 0.25) is 0 Å². The minimum absolute atomic E-state index is 0.0327. The molecule has 0 spiro atoms. The van der Waals surface area contributed by atoms with Crippen molar-refractivity contribution in [2.24, 2.45) is 0 Å². The molecule has 33 heavy (non-hydrogen) atoms. The SMILES string of the molecule is COc1cc(-c2cccs2)cc2c1OCCN(C(=O)CN1C[C@@H](c3ccccc3)CC1=O)C2. The van der Waals surface area contributed by atoms with E-state index in [1.165, 1.54) is 0 Å². The van der Waals surface area contributed by atoms with E-state index in [0.29, 0.717) is 44.2 Å². The lowest BCUT2D eigenvalue weighted by Gasteiger charge is -2.24. The number of methoxy groups -OCH3 is 1. The van der Waals surface area contributed by atoms with Crippen molar-refractivity contribution in [3.63, 3.8) is 0 Å². The number of fused-ring (bicyclic) bond motifs is 1. The zero-order chi connectivity index (χ0) is 22.8. The molecule has 0 radical (unpaired) electrons. The summed E-state index contributed by atoms with van der Waals surface area (Å²) in [5, 5.41) is 2.04. The van der Waals surface area contributed by atoms with Crippen LogP contribution in [0.5, 0.6) is 11.5 Å². The number of thiophene rings is 1. The van der Waals surface area contributed by atoms with Gasteiger partial charge in [-0.2, -0.15) is 0 Å². The monoisotopic (exact) mass is 462 g/mol. The normalized spacial score (nSPS) is 18.0. The summed E-state index contributed by atoms with van der Waals surface area (Å²) >= 11 is 1.66. The van der Waals surface area contributed by atoms with E-state index in [1.807, 2.05) is 47.8 Å². The molecule has 0 aliphatic carbocycles. The summed E-state index contributed by atoms with van der Waals surface area (Å²) in [6.45, 7) is 1.95. The number of rotatable bonds is 5. The van der Waals surface area contributed by atoms with E-state index in [4.69, 9.17) is 9.47 Å². The summed E-state index contributed by atoms with van der Waals surface area (Å²) in [5.41, 5.74) is 3.10. The number of hydrogen-bond acceptors (Lipinski definition) is 5. The van der Waals surface area contributed by atoms with Crippen LogP contribution >= 0.6 is 11.3 Å². The van der Waals surface area contributed by atoms with Crippen molar-refractivity contribution < 1.29 is 19.1 Å². The molecule has 0 N–H and O–H groups in total. The van der Waals surface area contributed by atoms with E-state index in [-0.39, 0.29) is 24.3 Å². The molecular formula is C26H26N2O4S. The molecule has 2 aliphatic rings. The van der Waals surface area contributed by atoms with Gasteiger partial charge in [-0.15, -0.1) is 11.3 Å². The summed E-state index contributed by atoms with van der Waals surface area (Å²) in [5.74, 6) is 1.47. The largest absolute Gasteiger partial charge is 0.493 e. The molecule has 1 aromatic heterocycles. The Kier molecular flexibility index (Phi) is 6.05. The standard InChI is InChI=1S/C26H26N2O4S/c1-31-22-13-19(23-8-5-11-33-23)12-21-16-27(9-10-32-26(21)22)25(30)17-28-15-20(14-24(28)29)18-6-3-2-4-7-18/h2-8,11-13,20H,9-10,14-17H2,1H3/t20-/m0/s1. The Bertz CT molecular complexity index is 1150. The third-order valence-electron chi connectivity index (χ3n) is 6.29. The van der Waals surface area contributed by atoms with Crippen LogP contribution in [0.3, 0.4) is 0 Å². The highest BCUT2D eigenvalue weighted by molar-refractivity contribution is 7.13. The predicted molar refractivity (Wildman–Crippen MR) is 128 cm³/mol. The van der Waals surface area contributed by atoms with Crippen molar-refractivity contribution in [2.75, 3.05) is 33.4 Å². The van der Waals surface area contributed by atoms with Crippen molar-refractivity contribution in [3.05, 3.63) is 71.1 Å². The second-order valence-electron chi connectivity index (χ2n) is 8.39. The van der Waals surface area contributed by atoms with Gasteiger partial charge in [0.05, 0.1) is 20.2 Å². The fraction of sp³-hybridized carbons (Fsp3) is 0.308. The molecular weight excluding hydrogens is 436 g/mol. The van der Waals surface area contributed by atoms with Crippen LogP contribution in [0.25, 0.3) is 10.4 Å². The Balaban J connectivity index is 1.32. The van der Waals surface area contributed by atoms with Crippen molar-refractivity contribution in [1.82, 2.24) is 9.80 Å². The second kappa shape index (κ2) is 9.27. The van der Waals surface area contributed by atoms with E-state index in [2.05, 4.69) is 12.1 Å². The van der Waals surface area contributed by atoms with Crippen LogP contribution in [-0.2, 0) is 16.1 Å². The van der Waals surface area contributed by atoms with Gasteiger partial charge in [0.2, 0.25) is 11.8 Å². The maximum absolute atomic E-state index is 13.2. The second-order valence-corrected chi connectivity index (χ2v) is 9.34. The Morgan fingerprint density at radius 2 is 2.03 bits per heavy atom. The number of benzene rings is 2. The molecule has 3 aromatic rings. The molecule has 170 valence electrons. The van der Waals surface area contributed by atoms with Crippen LogP contribution in [-0.4, -0.2) is 55.0 Å². The van der Waals surface area contributed by atoms with Crippen LogP contribution in [0.15, 0.2) is 60.0 Å². The van der Waals surface area contributed by atoms with Crippen molar-refractivity contribution in [1.29, 1.82) is 0 Å². The summed E-state index contributed by atoms with van der Waals surface area (Å²) in [6, 6.07) is 18.2. The minimum Gasteiger partial charge on any atom is -0.493 e. The number of carbonyl (C=O) groups excluding carboxylic acids is 2. The molecule has 2 amide bonds. The summed E-state index contributed by atoms with van der Waals surface area (Å²) in [7, 11) is 1.63. The molecule has 1 saturated heterocycles. The van der Waals surface area contributed by atoms with E-state index >= 15 is 0 Å². The molecule has 0 unspecified atom stereocenters. The third kappa shape index (κ3) is 4.46. The quantitative estimate of drug-likeness (QED) is 0.571. The zero-order valence-electron chi connectivity index (χ0n) is 18.5. The third-order valence-corrected chi connectivity index (χ3v) is 7.21. The fourth-order valence-corrected chi connectivity index (χ4v) is 5.28. The maximum Gasteiger partial charge on any atom is 0.242 e. The van der Waals surface area contributed by atoms with Crippen molar-refractivity contribution >= 4 is 23.2 Å². The molecule has 1 atom stereocenters. The van der Waals surface area contributed by atoms with Gasteiger partial charge >= 0.3 is 0 Å². The van der Waals surface area contributed by atoms with Gasteiger partial charge in [0.1, 0.15) is 6.61 Å². The number of carbonyl (C=O) groups is 2. The molecule has 7 heteroatoms. The maximum atomic E-state index is 13.2. The molecule has 1 fully saturated rings. The van der Waals surface area contributed by atoms with E-state index in [1.54, 1.807) is 28.2 Å². The van der Waals surface area contributed by atoms with Gasteiger partial charge in [-0.05, 0) is 34.7 Å². The Labute approximate surface area is 197 Å². The number of likely N-dealkylation sites (tertiary alicyclic amines) is 1. The van der Waals surface area contributed by atoms with Crippen LogP contribution in [0, 0.1) is 0 Å². The highest BCUT2D eigenvalue weighted by Crippen LogP contribution is 2.39. The molecule has 6 nitrogen and oxygen atoms in total. The summed E-state index contributed by atoms with van der Waals surface area (Å²) in [6.07, 6.45) is 0.449. The molecule has 0 bridgehead atoms. The predicted octanol–water partition coefficient (Wildman–Crippen LogP) is 4.16. The van der Waals surface area contributed by atoms with Gasteiger partial charge in [0, 0.05) is 35.9 Å². The van der Waals surface area contributed by atoms with Gasteiger partial charge < -0.3 is 19.3 Å². The highest BCUT2D eigenvalue weighted by Gasteiger charge is 2.33. The van der Waals surface area contributed by atoms with Crippen LogP contribution in [0.4, 0.5) is 0 Å². The summed E-state index contributed by atoms with van der Waals surface area (Å²) in [4.78, 5) is 30.4. The first-order valence-corrected chi connectivity index (χ1v) is 12.0. The first kappa shape index (κ1) is 21.5. The first-order chi connectivity index (χ1) is 16.1. The van der Waals surface area contributed by atoms with Crippen LogP contribution < -0.4 is 9.47 Å². The number of amides is 2. The fourth-order valence-electron chi connectivity index (χ4n) is 4.57. The van der Waals surface area contributed by atoms with E-state index < -0.39 is 0 Å².